The molecule has 0 atom stereocenters. The van der Waals surface area contributed by atoms with E-state index in [1.807, 2.05) is 36.3 Å². The molecule has 1 aromatic carbocycles. The fourth-order valence-corrected chi connectivity index (χ4v) is 1.80. The number of H-pyrrole nitrogens is 1. The third-order valence-electron chi connectivity index (χ3n) is 2.83. The third kappa shape index (κ3) is 2.72. The van der Waals surface area contributed by atoms with Gasteiger partial charge in [0.05, 0.1) is 6.20 Å². The van der Waals surface area contributed by atoms with Gasteiger partial charge >= 0.3 is 6.18 Å². The highest BCUT2D eigenvalue weighted by Gasteiger charge is 2.35. The van der Waals surface area contributed by atoms with Crippen molar-refractivity contribution in [2.24, 2.45) is 0 Å². The summed E-state index contributed by atoms with van der Waals surface area (Å²) in [6, 6.07) is 7.57. The van der Waals surface area contributed by atoms with Crippen LogP contribution in [0.2, 0.25) is 0 Å². The first-order valence-corrected chi connectivity index (χ1v) is 5.68. The molecule has 0 amide bonds. The van der Waals surface area contributed by atoms with Gasteiger partial charge in [-0.25, -0.2) is 0 Å². The number of aromatic amines is 1. The van der Waals surface area contributed by atoms with Crippen molar-refractivity contribution >= 4 is 0 Å². The van der Waals surface area contributed by atoms with Crippen LogP contribution in [0.3, 0.4) is 0 Å². The minimum absolute atomic E-state index is 0.173. The van der Waals surface area contributed by atoms with Crippen LogP contribution in [0.25, 0.3) is 0 Å². The van der Waals surface area contributed by atoms with Crippen LogP contribution < -0.4 is 0 Å². The normalized spacial score (nSPS) is 11.8. The van der Waals surface area contributed by atoms with Gasteiger partial charge in [-0.3, -0.25) is 5.10 Å². The van der Waals surface area contributed by atoms with Crippen molar-refractivity contribution in [2.75, 3.05) is 0 Å². The van der Waals surface area contributed by atoms with Crippen LogP contribution in [0.5, 0.6) is 0 Å². The number of hydrogen-bond donors (Lipinski definition) is 1. The van der Waals surface area contributed by atoms with E-state index in [2.05, 4.69) is 5.10 Å². The topological polar surface area (TPSA) is 28.7 Å². The summed E-state index contributed by atoms with van der Waals surface area (Å²) in [4.78, 5) is 0. The average molecular weight is 254 g/mol. The first-order chi connectivity index (χ1) is 8.50. The molecule has 0 spiro atoms. The largest absolute Gasteiger partial charge is 0.433 e. The molecular weight excluding hydrogens is 241 g/mol. The first-order valence-electron chi connectivity index (χ1n) is 5.68. The van der Waals surface area contributed by atoms with E-state index in [9.17, 15) is 13.2 Å². The molecule has 0 radical (unpaired) electrons. The molecule has 2 nitrogen and oxygen atoms in total. The predicted molar refractivity (Wildman–Crippen MR) is 62.2 cm³/mol. The Morgan fingerprint density at radius 1 is 1.11 bits per heavy atom. The number of nitrogens with zero attached hydrogens (tertiary/aromatic N) is 1. The molecule has 1 heterocycles. The Morgan fingerprint density at radius 2 is 1.72 bits per heavy atom. The number of hydrogen-bond acceptors (Lipinski definition) is 1. The highest BCUT2D eigenvalue weighted by Crippen LogP contribution is 2.31. The molecule has 0 aliphatic heterocycles. The van der Waals surface area contributed by atoms with Gasteiger partial charge in [0.25, 0.3) is 0 Å². The lowest BCUT2D eigenvalue weighted by Gasteiger charge is -2.07. The average Bonchev–Trinajstić information content (AvgIpc) is 2.78. The smallest absolute Gasteiger partial charge is 0.273 e. The summed E-state index contributed by atoms with van der Waals surface area (Å²) in [7, 11) is 0. The number of aryl methyl sites for hydroxylation is 1. The maximum atomic E-state index is 12.6. The fourth-order valence-electron chi connectivity index (χ4n) is 1.80. The molecular formula is C13H13F3N2. The van der Waals surface area contributed by atoms with Crippen molar-refractivity contribution in [2.45, 2.75) is 25.9 Å². The Labute approximate surface area is 103 Å². The van der Waals surface area contributed by atoms with Crippen molar-refractivity contribution in [3.63, 3.8) is 0 Å². The highest BCUT2D eigenvalue weighted by atomic mass is 19.4. The SMILES string of the molecule is CCc1ccc(Cc2cn[nH]c2C(F)(F)F)cc1. The van der Waals surface area contributed by atoms with E-state index < -0.39 is 11.9 Å². The summed E-state index contributed by atoms with van der Waals surface area (Å²) in [5.41, 5.74) is 1.43. The van der Waals surface area contributed by atoms with Gasteiger partial charge in [0.2, 0.25) is 0 Å². The van der Waals surface area contributed by atoms with Gasteiger partial charge < -0.3 is 0 Å². The standard InChI is InChI=1S/C13H13F3N2/c1-2-9-3-5-10(6-4-9)7-11-8-17-18-12(11)13(14,15)16/h3-6,8H,2,7H2,1H3,(H,17,18). The quantitative estimate of drug-likeness (QED) is 0.891. The molecule has 5 heteroatoms. The van der Waals surface area contributed by atoms with Gasteiger partial charge in [-0.15, -0.1) is 0 Å². The molecule has 2 aromatic rings. The Hall–Kier alpha value is -1.78. The van der Waals surface area contributed by atoms with E-state index in [-0.39, 0.29) is 12.0 Å². The van der Waals surface area contributed by atoms with Crippen molar-refractivity contribution in [3.8, 4) is 0 Å². The molecule has 0 aliphatic carbocycles. The molecule has 0 saturated carbocycles. The fraction of sp³-hybridized carbons (Fsp3) is 0.308. The van der Waals surface area contributed by atoms with Crippen LogP contribution in [0.4, 0.5) is 13.2 Å². The van der Waals surface area contributed by atoms with Crippen molar-refractivity contribution in [1.29, 1.82) is 0 Å². The molecule has 18 heavy (non-hydrogen) atoms. The van der Waals surface area contributed by atoms with Gasteiger partial charge in [-0.2, -0.15) is 18.3 Å². The summed E-state index contributed by atoms with van der Waals surface area (Å²) < 4.78 is 37.9. The van der Waals surface area contributed by atoms with E-state index >= 15 is 0 Å². The lowest BCUT2D eigenvalue weighted by Crippen LogP contribution is -2.09. The summed E-state index contributed by atoms with van der Waals surface area (Å²) in [5.74, 6) is 0. The second-order valence-electron chi connectivity index (χ2n) is 4.11. The predicted octanol–water partition coefficient (Wildman–Crippen LogP) is 3.58. The molecule has 0 bridgehead atoms. The van der Waals surface area contributed by atoms with Crippen LogP contribution >= 0.6 is 0 Å². The summed E-state index contributed by atoms with van der Waals surface area (Å²) in [6.07, 6.45) is -2.00. The van der Waals surface area contributed by atoms with E-state index in [4.69, 9.17) is 0 Å². The van der Waals surface area contributed by atoms with Gasteiger partial charge in [-0.05, 0) is 17.5 Å². The zero-order valence-electron chi connectivity index (χ0n) is 9.88. The van der Waals surface area contributed by atoms with Crippen LogP contribution in [0.15, 0.2) is 30.5 Å². The second-order valence-corrected chi connectivity index (χ2v) is 4.11. The third-order valence-corrected chi connectivity index (χ3v) is 2.83. The monoisotopic (exact) mass is 254 g/mol. The van der Waals surface area contributed by atoms with Crippen LogP contribution in [0.1, 0.15) is 29.3 Å². The summed E-state index contributed by atoms with van der Waals surface area (Å²) in [6.45, 7) is 2.03. The van der Waals surface area contributed by atoms with E-state index in [0.29, 0.717) is 0 Å². The second kappa shape index (κ2) is 4.84. The summed E-state index contributed by atoms with van der Waals surface area (Å²) in [5, 5.41) is 5.49. The lowest BCUT2D eigenvalue weighted by atomic mass is 10.0. The van der Waals surface area contributed by atoms with Crippen LogP contribution in [-0.2, 0) is 19.0 Å². The van der Waals surface area contributed by atoms with Crippen molar-refractivity contribution in [1.82, 2.24) is 10.2 Å². The molecule has 1 N–H and O–H groups in total. The number of aromatic nitrogens is 2. The minimum Gasteiger partial charge on any atom is -0.273 e. The number of benzene rings is 1. The Bertz CT molecular complexity index is 512. The van der Waals surface area contributed by atoms with Gasteiger partial charge in [0.15, 0.2) is 0 Å². The minimum atomic E-state index is -4.38. The maximum Gasteiger partial charge on any atom is 0.433 e. The number of alkyl halides is 3. The first kappa shape index (κ1) is 12.7. The molecule has 0 aliphatic rings. The van der Waals surface area contributed by atoms with Gasteiger partial charge in [0, 0.05) is 12.0 Å². The van der Waals surface area contributed by atoms with Crippen LogP contribution in [0, 0.1) is 0 Å². The molecule has 96 valence electrons. The molecule has 2 rings (SSSR count). The van der Waals surface area contributed by atoms with Gasteiger partial charge in [0.1, 0.15) is 5.69 Å². The maximum absolute atomic E-state index is 12.6. The molecule has 1 aromatic heterocycles. The molecule has 0 unspecified atom stereocenters. The zero-order valence-corrected chi connectivity index (χ0v) is 9.88. The van der Waals surface area contributed by atoms with Crippen molar-refractivity contribution < 1.29 is 13.2 Å². The Kier molecular flexibility index (Phi) is 3.41. The Balaban J connectivity index is 2.21. The number of rotatable bonds is 3. The van der Waals surface area contributed by atoms with Gasteiger partial charge in [-0.1, -0.05) is 31.2 Å². The number of nitrogens with one attached hydrogen (secondary N) is 1. The summed E-state index contributed by atoms with van der Waals surface area (Å²) >= 11 is 0. The molecule has 0 saturated heterocycles. The highest BCUT2D eigenvalue weighted by molar-refractivity contribution is 5.30. The van der Waals surface area contributed by atoms with Crippen molar-refractivity contribution in [3.05, 3.63) is 52.8 Å². The Morgan fingerprint density at radius 3 is 2.28 bits per heavy atom. The molecule has 0 fully saturated rings. The van der Waals surface area contributed by atoms with E-state index in [0.717, 1.165) is 12.0 Å². The van der Waals surface area contributed by atoms with Crippen LogP contribution in [-0.4, -0.2) is 10.2 Å². The lowest BCUT2D eigenvalue weighted by molar-refractivity contribution is -0.141. The zero-order chi connectivity index (χ0) is 13.2. The number of halogens is 3. The van der Waals surface area contributed by atoms with E-state index in [1.54, 1.807) is 0 Å². The van der Waals surface area contributed by atoms with E-state index in [1.165, 1.54) is 11.8 Å².